The van der Waals surface area contributed by atoms with Gasteiger partial charge in [0.15, 0.2) is 11.3 Å². The van der Waals surface area contributed by atoms with Crippen LogP contribution in [0.15, 0.2) is 46.3 Å². The zero-order valence-corrected chi connectivity index (χ0v) is 18.1. The highest BCUT2D eigenvalue weighted by molar-refractivity contribution is 6.33. The quantitative estimate of drug-likeness (QED) is 0.447. The highest BCUT2D eigenvalue weighted by atomic mass is 35.5. The van der Waals surface area contributed by atoms with Gasteiger partial charge in [0.05, 0.1) is 24.3 Å². The first kappa shape index (κ1) is 22.1. The molecule has 4 aromatic heterocycles. The molecule has 13 heteroatoms. The summed E-state index contributed by atoms with van der Waals surface area (Å²) in [5.41, 5.74) is -1.63. The van der Waals surface area contributed by atoms with Gasteiger partial charge in [-0.3, -0.25) is 18.7 Å². The molecule has 1 fully saturated rings. The number of pyridine rings is 1. The number of carbonyl (C=O) groups is 1. The van der Waals surface area contributed by atoms with Gasteiger partial charge in [-0.1, -0.05) is 11.6 Å². The number of fused-ring (bicyclic) bond motifs is 1. The summed E-state index contributed by atoms with van der Waals surface area (Å²) in [6, 6.07) is 2.21. The summed E-state index contributed by atoms with van der Waals surface area (Å²) in [7, 11) is 0. The van der Waals surface area contributed by atoms with Crippen molar-refractivity contribution < 1.29 is 27.5 Å². The van der Waals surface area contributed by atoms with Gasteiger partial charge in [-0.25, -0.2) is 9.78 Å². The number of aromatic hydroxyl groups is 1. The molecule has 34 heavy (non-hydrogen) atoms. The van der Waals surface area contributed by atoms with Crippen LogP contribution in [0.3, 0.4) is 0 Å². The first-order chi connectivity index (χ1) is 16.1. The lowest BCUT2D eigenvalue weighted by Gasteiger charge is -2.31. The number of hydrogen-bond acceptors (Lipinski definition) is 5. The van der Waals surface area contributed by atoms with Gasteiger partial charge in [0.1, 0.15) is 5.15 Å². The summed E-state index contributed by atoms with van der Waals surface area (Å²) in [5.74, 6) is -0.857. The number of alkyl halides is 3. The number of nitrogens with one attached hydrogen (secondary N) is 1. The molecule has 1 amide bonds. The Bertz CT molecular complexity index is 1430. The number of carbonyl (C=O) groups excluding carboxylic acids is 1. The highest BCUT2D eigenvalue weighted by Crippen LogP contribution is 2.37. The van der Waals surface area contributed by atoms with Crippen molar-refractivity contribution in [2.75, 3.05) is 13.1 Å². The van der Waals surface area contributed by atoms with Gasteiger partial charge in [-0.05, 0) is 25.0 Å². The molecule has 0 bridgehead atoms. The number of piperidine rings is 1. The lowest BCUT2D eigenvalue weighted by Crippen LogP contribution is -2.40. The molecule has 0 saturated carbocycles. The molecule has 0 unspecified atom stereocenters. The molecule has 1 aliphatic rings. The van der Waals surface area contributed by atoms with E-state index in [0.29, 0.717) is 18.4 Å². The van der Waals surface area contributed by atoms with Crippen LogP contribution in [0, 0.1) is 0 Å². The second-order valence-electron chi connectivity index (χ2n) is 7.97. The van der Waals surface area contributed by atoms with Crippen LogP contribution >= 0.6 is 11.6 Å². The van der Waals surface area contributed by atoms with E-state index in [2.05, 4.69) is 9.97 Å². The fourth-order valence-electron chi connectivity index (χ4n) is 4.21. The fraction of sp³-hybridized carbons (Fsp3) is 0.286. The Morgan fingerprint density at radius 3 is 2.56 bits per heavy atom. The van der Waals surface area contributed by atoms with E-state index in [9.17, 15) is 27.9 Å². The molecule has 0 radical (unpaired) electrons. The van der Waals surface area contributed by atoms with Crippen molar-refractivity contribution in [2.24, 2.45) is 0 Å². The maximum Gasteiger partial charge on any atom is 0.420 e. The molecule has 0 atom stereocenters. The summed E-state index contributed by atoms with van der Waals surface area (Å²) in [6.07, 6.45) is 1.39. The van der Waals surface area contributed by atoms with Crippen LogP contribution in [0.2, 0.25) is 5.15 Å². The van der Waals surface area contributed by atoms with E-state index in [1.54, 1.807) is 0 Å². The third-order valence-corrected chi connectivity index (χ3v) is 6.26. The minimum Gasteiger partial charge on any atom is -0.493 e. The van der Waals surface area contributed by atoms with Gasteiger partial charge in [0, 0.05) is 36.5 Å². The molecule has 9 nitrogen and oxygen atoms in total. The molecule has 1 aliphatic heterocycles. The first-order valence-corrected chi connectivity index (χ1v) is 10.6. The fourth-order valence-corrected chi connectivity index (χ4v) is 4.47. The number of amides is 1. The van der Waals surface area contributed by atoms with Crippen LogP contribution in [0.5, 0.6) is 5.88 Å². The van der Waals surface area contributed by atoms with Crippen molar-refractivity contribution in [1.29, 1.82) is 0 Å². The molecule has 0 aromatic carbocycles. The maximum atomic E-state index is 13.8. The Kier molecular flexibility index (Phi) is 5.19. The van der Waals surface area contributed by atoms with E-state index in [1.165, 1.54) is 40.5 Å². The van der Waals surface area contributed by atoms with Gasteiger partial charge in [0.2, 0.25) is 5.88 Å². The summed E-state index contributed by atoms with van der Waals surface area (Å²) in [6.45, 7) is 0.469. The Morgan fingerprint density at radius 1 is 1.24 bits per heavy atom. The smallest absolute Gasteiger partial charge is 0.420 e. The van der Waals surface area contributed by atoms with Gasteiger partial charge < -0.3 is 14.4 Å². The van der Waals surface area contributed by atoms with Gasteiger partial charge in [-0.15, -0.1) is 0 Å². The number of nitrogens with zero attached hydrogens (tertiary/aromatic N) is 4. The van der Waals surface area contributed by atoms with Crippen LogP contribution in [-0.4, -0.2) is 47.9 Å². The van der Waals surface area contributed by atoms with Crippen molar-refractivity contribution in [1.82, 2.24) is 23.8 Å². The zero-order chi connectivity index (χ0) is 24.2. The minimum atomic E-state index is -4.73. The molecule has 2 N–H and O–H groups in total. The summed E-state index contributed by atoms with van der Waals surface area (Å²) < 4.78 is 48.8. The van der Waals surface area contributed by atoms with E-state index in [1.807, 2.05) is 0 Å². The number of halogens is 4. The lowest BCUT2D eigenvalue weighted by atomic mass is 10.0. The number of H-pyrrole nitrogens is 1. The average Bonchev–Trinajstić information content (AvgIpc) is 3.52. The van der Waals surface area contributed by atoms with Crippen molar-refractivity contribution in [3.8, 4) is 17.0 Å². The molecule has 0 spiro atoms. The van der Waals surface area contributed by atoms with Crippen molar-refractivity contribution in [3.63, 3.8) is 0 Å². The summed E-state index contributed by atoms with van der Waals surface area (Å²) >= 11 is 6.36. The molecule has 178 valence electrons. The average molecular weight is 496 g/mol. The Hall–Kier alpha value is -3.67. The number of hydrogen-bond donors (Lipinski definition) is 2. The number of aromatic amines is 1. The lowest BCUT2D eigenvalue weighted by molar-refractivity contribution is -0.136. The van der Waals surface area contributed by atoms with Crippen LogP contribution in [0.1, 0.15) is 34.9 Å². The molecular formula is C21H17ClF3N5O4. The second-order valence-corrected chi connectivity index (χ2v) is 8.33. The monoisotopic (exact) mass is 495 g/mol. The third kappa shape index (κ3) is 3.73. The molecule has 5 rings (SSSR count). The number of likely N-dealkylation sites (tertiary alicyclic amines) is 1. The molecule has 0 aliphatic carbocycles. The van der Waals surface area contributed by atoms with E-state index in [4.69, 9.17) is 16.0 Å². The third-order valence-electron chi connectivity index (χ3n) is 5.90. The number of aromatic nitrogens is 4. The van der Waals surface area contributed by atoms with Gasteiger partial charge >= 0.3 is 11.9 Å². The van der Waals surface area contributed by atoms with E-state index in [-0.39, 0.29) is 41.4 Å². The molecular weight excluding hydrogens is 479 g/mol. The molecule has 1 saturated heterocycles. The van der Waals surface area contributed by atoms with E-state index >= 15 is 0 Å². The summed E-state index contributed by atoms with van der Waals surface area (Å²) in [5, 5.41) is 9.23. The van der Waals surface area contributed by atoms with Crippen LogP contribution in [0.4, 0.5) is 13.2 Å². The van der Waals surface area contributed by atoms with E-state index in [0.717, 1.165) is 10.5 Å². The van der Waals surface area contributed by atoms with E-state index < -0.39 is 29.0 Å². The van der Waals surface area contributed by atoms with Crippen molar-refractivity contribution in [2.45, 2.75) is 25.1 Å². The normalized spacial score (nSPS) is 15.4. The van der Waals surface area contributed by atoms with Crippen LogP contribution < -0.4 is 5.69 Å². The number of imidazole rings is 2. The van der Waals surface area contributed by atoms with Crippen LogP contribution in [0.25, 0.3) is 16.8 Å². The Labute approximate surface area is 194 Å². The van der Waals surface area contributed by atoms with Crippen molar-refractivity contribution in [3.05, 3.63) is 63.9 Å². The first-order valence-electron chi connectivity index (χ1n) is 10.2. The second kappa shape index (κ2) is 7.97. The predicted molar refractivity (Wildman–Crippen MR) is 114 cm³/mol. The highest BCUT2D eigenvalue weighted by Gasteiger charge is 2.37. The Morgan fingerprint density at radius 2 is 1.97 bits per heavy atom. The molecule has 5 heterocycles. The number of furan rings is 1. The largest absolute Gasteiger partial charge is 0.493 e. The standard InChI is InChI=1S/C21H17ClF3N5O4/c22-17-16(19(32)28-4-1-13(2-5-28)29-9-15(31)26-20(29)33)27-18-14(21(23,24)25)7-12(8-30(17)18)11-3-6-34-10-11/h3,6-10,13,31H,1-2,4-5H2,(H,26,33). The van der Waals surface area contributed by atoms with Gasteiger partial charge in [-0.2, -0.15) is 13.2 Å². The zero-order valence-electron chi connectivity index (χ0n) is 17.3. The summed E-state index contributed by atoms with van der Waals surface area (Å²) in [4.78, 5) is 32.7. The topological polar surface area (TPSA) is 109 Å². The molecule has 4 aromatic rings. The van der Waals surface area contributed by atoms with Crippen molar-refractivity contribution >= 4 is 23.2 Å². The van der Waals surface area contributed by atoms with Crippen LogP contribution in [-0.2, 0) is 6.18 Å². The predicted octanol–water partition coefficient (Wildman–Crippen LogP) is 3.94. The maximum absolute atomic E-state index is 13.8. The van der Waals surface area contributed by atoms with Gasteiger partial charge in [0.25, 0.3) is 5.91 Å². The minimum absolute atomic E-state index is 0.202. The SMILES string of the molecule is O=C(c1nc2c(C(F)(F)F)cc(-c3ccoc3)cn2c1Cl)N1CCC(n2cc(O)[nH]c2=O)CC1. The number of rotatable bonds is 3. The Balaban J connectivity index is 1.47.